The lowest BCUT2D eigenvalue weighted by Crippen LogP contribution is -1.93. The van der Waals surface area contributed by atoms with E-state index in [4.69, 9.17) is 4.74 Å². The molecule has 0 aliphatic carbocycles. The lowest BCUT2D eigenvalue weighted by Gasteiger charge is -1.94. The van der Waals surface area contributed by atoms with Gasteiger partial charge in [-0.05, 0) is 29.5 Å². The lowest BCUT2D eigenvalue weighted by atomic mass is 10.4. The number of H-pyrrole nitrogens is 1. The van der Waals surface area contributed by atoms with Gasteiger partial charge in [0.2, 0.25) is 0 Å². The van der Waals surface area contributed by atoms with Crippen molar-refractivity contribution in [1.82, 2.24) is 15.0 Å². The standard InChI is InChI=1S/C9H10IN3O/c1-2-14-5-8-12-7-4-11-3-6(10)9(7)13-8/h3-4H,2,5H2,1H3,(H,12,13). The van der Waals surface area contributed by atoms with E-state index in [0.717, 1.165) is 20.4 Å². The fraction of sp³-hybridized carbons (Fsp3) is 0.333. The van der Waals surface area contributed by atoms with E-state index in [9.17, 15) is 0 Å². The van der Waals surface area contributed by atoms with Crippen LogP contribution < -0.4 is 0 Å². The van der Waals surface area contributed by atoms with Gasteiger partial charge in [-0.3, -0.25) is 4.98 Å². The summed E-state index contributed by atoms with van der Waals surface area (Å²) in [7, 11) is 0. The number of pyridine rings is 1. The number of nitrogens with zero attached hydrogens (tertiary/aromatic N) is 2. The van der Waals surface area contributed by atoms with Crippen molar-refractivity contribution >= 4 is 33.6 Å². The largest absolute Gasteiger partial charge is 0.374 e. The maximum atomic E-state index is 5.27. The number of rotatable bonds is 3. The van der Waals surface area contributed by atoms with Crippen molar-refractivity contribution < 1.29 is 4.74 Å². The number of nitrogens with one attached hydrogen (secondary N) is 1. The van der Waals surface area contributed by atoms with Crippen LogP contribution in [-0.4, -0.2) is 21.6 Å². The summed E-state index contributed by atoms with van der Waals surface area (Å²) in [5.41, 5.74) is 1.93. The van der Waals surface area contributed by atoms with Crippen LogP contribution in [0.3, 0.4) is 0 Å². The van der Waals surface area contributed by atoms with Gasteiger partial charge in [-0.1, -0.05) is 0 Å². The second-order valence-corrected chi connectivity index (χ2v) is 4.00. The molecule has 2 aromatic rings. The molecular weight excluding hydrogens is 293 g/mol. The summed E-state index contributed by atoms with van der Waals surface area (Å²) in [6, 6.07) is 0. The van der Waals surface area contributed by atoms with Crippen LogP contribution in [0.1, 0.15) is 12.7 Å². The van der Waals surface area contributed by atoms with Crippen molar-refractivity contribution in [3.8, 4) is 0 Å². The first-order valence-electron chi connectivity index (χ1n) is 4.37. The first kappa shape index (κ1) is 9.85. The molecule has 14 heavy (non-hydrogen) atoms. The predicted molar refractivity (Wildman–Crippen MR) is 61.9 cm³/mol. The molecule has 0 fully saturated rings. The van der Waals surface area contributed by atoms with E-state index in [1.165, 1.54) is 0 Å². The maximum Gasteiger partial charge on any atom is 0.133 e. The summed E-state index contributed by atoms with van der Waals surface area (Å²) in [6.07, 6.45) is 3.58. The molecule has 2 aromatic heterocycles. The molecule has 4 nitrogen and oxygen atoms in total. The molecule has 0 spiro atoms. The highest BCUT2D eigenvalue weighted by molar-refractivity contribution is 14.1. The molecule has 0 unspecified atom stereocenters. The van der Waals surface area contributed by atoms with Crippen LogP contribution in [0.2, 0.25) is 0 Å². The Morgan fingerprint density at radius 3 is 3.07 bits per heavy atom. The Morgan fingerprint density at radius 1 is 1.50 bits per heavy atom. The molecule has 2 heterocycles. The van der Waals surface area contributed by atoms with Crippen molar-refractivity contribution in [2.75, 3.05) is 6.61 Å². The van der Waals surface area contributed by atoms with Crippen LogP contribution in [0, 0.1) is 3.57 Å². The van der Waals surface area contributed by atoms with Gasteiger partial charge in [0.1, 0.15) is 17.9 Å². The zero-order chi connectivity index (χ0) is 9.97. The molecule has 0 bridgehead atoms. The highest BCUT2D eigenvalue weighted by Gasteiger charge is 2.05. The molecule has 5 heteroatoms. The van der Waals surface area contributed by atoms with Crippen LogP contribution in [0.15, 0.2) is 12.4 Å². The summed E-state index contributed by atoms with van der Waals surface area (Å²) in [6.45, 7) is 3.20. The third-order valence-electron chi connectivity index (χ3n) is 1.84. The Kier molecular flexibility index (Phi) is 2.97. The quantitative estimate of drug-likeness (QED) is 0.884. The fourth-order valence-electron chi connectivity index (χ4n) is 1.22. The second-order valence-electron chi connectivity index (χ2n) is 2.84. The lowest BCUT2D eigenvalue weighted by molar-refractivity contribution is 0.129. The Morgan fingerprint density at radius 2 is 2.36 bits per heavy atom. The van der Waals surface area contributed by atoms with Gasteiger partial charge in [-0.25, -0.2) is 4.98 Å². The average Bonchev–Trinajstić information content (AvgIpc) is 2.59. The molecule has 2 rings (SSSR count). The minimum atomic E-state index is 0.529. The average molecular weight is 303 g/mol. The molecule has 0 aliphatic heterocycles. The smallest absolute Gasteiger partial charge is 0.133 e. The molecule has 1 N–H and O–H groups in total. The van der Waals surface area contributed by atoms with Gasteiger partial charge in [0.15, 0.2) is 0 Å². The SMILES string of the molecule is CCOCc1nc2c(I)cncc2[nH]1. The number of hydrogen-bond acceptors (Lipinski definition) is 3. The van der Waals surface area contributed by atoms with E-state index in [-0.39, 0.29) is 0 Å². The molecule has 74 valence electrons. The number of fused-ring (bicyclic) bond motifs is 1. The number of halogens is 1. The van der Waals surface area contributed by atoms with Crippen LogP contribution in [0.5, 0.6) is 0 Å². The summed E-state index contributed by atoms with van der Waals surface area (Å²) in [5.74, 6) is 0.854. The first-order chi connectivity index (χ1) is 6.81. The number of aromatic nitrogens is 3. The van der Waals surface area contributed by atoms with Gasteiger partial charge in [0, 0.05) is 12.8 Å². The van der Waals surface area contributed by atoms with Gasteiger partial charge >= 0.3 is 0 Å². The maximum absolute atomic E-state index is 5.27. The van der Waals surface area contributed by atoms with Crippen LogP contribution >= 0.6 is 22.6 Å². The van der Waals surface area contributed by atoms with E-state index >= 15 is 0 Å². The van der Waals surface area contributed by atoms with E-state index in [0.29, 0.717) is 13.2 Å². The molecule has 0 atom stereocenters. The van der Waals surface area contributed by atoms with E-state index < -0.39 is 0 Å². The van der Waals surface area contributed by atoms with E-state index in [2.05, 4.69) is 37.5 Å². The molecule has 0 radical (unpaired) electrons. The summed E-state index contributed by atoms with van der Waals surface area (Å²) < 4.78 is 6.33. The number of aromatic amines is 1. The predicted octanol–water partition coefficient (Wildman–Crippen LogP) is 2.10. The third kappa shape index (κ3) is 1.88. The van der Waals surface area contributed by atoms with Crippen molar-refractivity contribution in [3.63, 3.8) is 0 Å². The molecular formula is C9H10IN3O. The molecule has 0 aliphatic rings. The first-order valence-corrected chi connectivity index (χ1v) is 5.45. The fourth-order valence-corrected chi connectivity index (χ4v) is 1.79. The van der Waals surface area contributed by atoms with Crippen molar-refractivity contribution in [1.29, 1.82) is 0 Å². The summed E-state index contributed by atoms with van der Waals surface area (Å²) in [4.78, 5) is 11.7. The number of imidazole rings is 1. The van der Waals surface area contributed by atoms with Gasteiger partial charge in [0.05, 0.1) is 15.3 Å². The summed E-state index contributed by atoms with van der Waals surface area (Å²) in [5, 5.41) is 0. The van der Waals surface area contributed by atoms with Gasteiger partial charge in [0.25, 0.3) is 0 Å². The van der Waals surface area contributed by atoms with E-state index in [1.807, 2.05) is 6.92 Å². The zero-order valence-electron chi connectivity index (χ0n) is 7.75. The van der Waals surface area contributed by atoms with Gasteiger partial charge in [-0.15, -0.1) is 0 Å². The van der Waals surface area contributed by atoms with Crippen LogP contribution in [-0.2, 0) is 11.3 Å². The number of ether oxygens (including phenoxy) is 1. The Bertz CT molecular complexity index is 441. The van der Waals surface area contributed by atoms with Crippen LogP contribution in [0.4, 0.5) is 0 Å². The topological polar surface area (TPSA) is 50.8 Å². The normalized spacial score (nSPS) is 11.0. The Hall–Kier alpha value is -0.690. The monoisotopic (exact) mass is 303 g/mol. The van der Waals surface area contributed by atoms with Crippen LogP contribution in [0.25, 0.3) is 11.0 Å². The molecule has 0 saturated heterocycles. The van der Waals surface area contributed by atoms with E-state index in [1.54, 1.807) is 12.4 Å². The zero-order valence-corrected chi connectivity index (χ0v) is 9.91. The van der Waals surface area contributed by atoms with Crippen molar-refractivity contribution in [2.45, 2.75) is 13.5 Å². The Balaban J connectivity index is 2.36. The molecule has 0 amide bonds. The van der Waals surface area contributed by atoms with Gasteiger partial charge in [-0.2, -0.15) is 0 Å². The van der Waals surface area contributed by atoms with Crippen molar-refractivity contribution in [2.24, 2.45) is 0 Å². The van der Waals surface area contributed by atoms with Crippen molar-refractivity contribution in [3.05, 3.63) is 21.8 Å². The third-order valence-corrected chi connectivity index (χ3v) is 2.63. The Labute approximate surface area is 95.2 Å². The highest BCUT2D eigenvalue weighted by Crippen LogP contribution is 2.16. The second kappa shape index (κ2) is 4.22. The highest BCUT2D eigenvalue weighted by atomic mass is 127. The van der Waals surface area contributed by atoms with Gasteiger partial charge < -0.3 is 9.72 Å². The number of hydrogen-bond donors (Lipinski definition) is 1. The minimum Gasteiger partial charge on any atom is -0.374 e. The minimum absolute atomic E-state index is 0.529. The summed E-state index contributed by atoms with van der Waals surface area (Å²) >= 11 is 2.22. The molecule has 0 saturated carbocycles. The molecule has 0 aromatic carbocycles.